The Labute approximate surface area is 205 Å². The highest BCUT2D eigenvalue weighted by Crippen LogP contribution is 2.32. The molecule has 1 atom stereocenters. The van der Waals surface area contributed by atoms with Crippen LogP contribution in [0.4, 0.5) is 0 Å². The van der Waals surface area contributed by atoms with Gasteiger partial charge in [-0.05, 0) is 55.7 Å². The molecule has 1 N–H and O–H groups in total. The maximum absolute atomic E-state index is 13.7. The van der Waals surface area contributed by atoms with Crippen molar-refractivity contribution in [2.45, 2.75) is 70.0 Å². The summed E-state index contributed by atoms with van der Waals surface area (Å²) < 4.78 is 1.74. The fourth-order valence-corrected chi connectivity index (χ4v) is 5.89. The third kappa shape index (κ3) is 4.53. The molecule has 1 fully saturated rings. The number of carbonyl (C=O) groups is 2. The number of fused-ring (bicyclic) bond motifs is 1. The molecule has 0 radical (unpaired) electrons. The minimum Gasteiger partial charge on any atom is -0.351 e. The van der Waals surface area contributed by atoms with Crippen LogP contribution in [0.1, 0.15) is 61.5 Å². The van der Waals surface area contributed by atoms with Gasteiger partial charge < -0.3 is 10.2 Å². The summed E-state index contributed by atoms with van der Waals surface area (Å²) >= 11 is 1.60. The van der Waals surface area contributed by atoms with E-state index < -0.39 is 5.54 Å². The van der Waals surface area contributed by atoms with E-state index in [0.717, 1.165) is 49.1 Å². The molecule has 178 valence electrons. The Morgan fingerprint density at radius 2 is 1.94 bits per heavy atom. The first-order valence-corrected chi connectivity index (χ1v) is 13.2. The van der Waals surface area contributed by atoms with Gasteiger partial charge in [0.05, 0.1) is 11.4 Å². The summed E-state index contributed by atoms with van der Waals surface area (Å²) in [6.45, 7) is 2.80. The molecule has 0 spiro atoms. The van der Waals surface area contributed by atoms with Crippen LogP contribution < -0.4 is 5.32 Å². The number of amides is 2. The average molecular weight is 477 g/mol. The minimum atomic E-state index is -0.975. The Kier molecular flexibility index (Phi) is 6.55. The molecule has 1 saturated carbocycles. The van der Waals surface area contributed by atoms with Crippen molar-refractivity contribution in [2.75, 3.05) is 6.54 Å². The van der Waals surface area contributed by atoms with E-state index in [2.05, 4.69) is 17.4 Å². The molecular formula is C27H32N4O2S. The number of nitrogens with one attached hydrogen (secondary N) is 1. The van der Waals surface area contributed by atoms with Gasteiger partial charge in [-0.3, -0.25) is 14.3 Å². The van der Waals surface area contributed by atoms with E-state index in [4.69, 9.17) is 5.10 Å². The third-order valence-corrected chi connectivity index (χ3v) is 8.08. The van der Waals surface area contributed by atoms with Crippen molar-refractivity contribution >= 4 is 23.2 Å². The quantitative estimate of drug-likeness (QED) is 0.527. The first-order valence-electron chi connectivity index (χ1n) is 12.3. The monoisotopic (exact) mass is 476 g/mol. The lowest BCUT2D eigenvalue weighted by molar-refractivity contribution is -0.134. The lowest BCUT2D eigenvalue weighted by atomic mass is 9.91. The van der Waals surface area contributed by atoms with E-state index in [1.54, 1.807) is 20.9 Å². The number of aromatic nitrogens is 2. The number of thiophene rings is 1. The Balaban J connectivity index is 1.41. The van der Waals surface area contributed by atoms with E-state index in [1.165, 1.54) is 12.0 Å². The lowest BCUT2D eigenvalue weighted by Gasteiger charge is -2.44. The van der Waals surface area contributed by atoms with Crippen LogP contribution in [0.15, 0.2) is 53.9 Å². The highest BCUT2D eigenvalue weighted by molar-refractivity contribution is 7.13. The zero-order chi connectivity index (χ0) is 23.5. The topological polar surface area (TPSA) is 67.2 Å². The highest BCUT2D eigenvalue weighted by Gasteiger charge is 2.48. The molecule has 7 heteroatoms. The summed E-state index contributed by atoms with van der Waals surface area (Å²) in [6.07, 6.45) is 7.22. The van der Waals surface area contributed by atoms with E-state index in [-0.39, 0.29) is 17.9 Å². The van der Waals surface area contributed by atoms with E-state index in [9.17, 15) is 9.59 Å². The van der Waals surface area contributed by atoms with E-state index in [0.29, 0.717) is 18.8 Å². The van der Waals surface area contributed by atoms with E-state index >= 15 is 0 Å². The second-order valence-electron chi connectivity index (χ2n) is 9.68. The SMILES string of the molecule is CC1(C(=O)NC2CCCCC2)Cn2nc(-c3cccs3)cc2C(=O)N1CCCc1ccccc1. The van der Waals surface area contributed by atoms with Crippen LogP contribution in [0, 0.1) is 0 Å². The second-order valence-corrected chi connectivity index (χ2v) is 10.6. The predicted molar refractivity (Wildman–Crippen MR) is 135 cm³/mol. The lowest BCUT2D eigenvalue weighted by Crippen LogP contribution is -2.65. The van der Waals surface area contributed by atoms with Crippen molar-refractivity contribution in [1.29, 1.82) is 0 Å². The van der Waals surface area contributed by atoms with Crippen LogP contribution in [0.25, 0.3) is 10.6 Å². The summed E-state index contributed by atoms with van der Waals surface area (Å²) in [7, 11) is 0. The molecular weight excluding hydrogens is 444 g/mol. The molecule has 34 heavy (non-hydrogen) atoms. The molecule has 1 aliphatic carbocycles. The van der Waals surface area contributed by atoms with Crippen LogP contribution in [0.3, 0.4) is 0 Å². The summed E-state index contributed by atoms with van der Waals surface area (Å²) in [5.41, 5.74) is 1.62. The summed E-state index contributed by atoms with van der Waals surface area (Å²) in [4.78, 5) is 30.2. The van der Waals surface area contributed by atoms with Gasteiger partial charge in [0, 0.05) is 12.6 Å². The molecule has 0 saturated heterocycles. The van der Waals surface area contributed by atoms with E-state index in [1.807, 2.05) is 48.7 Å². The van der Waals surface area contributed by atoms with Gasteiger partial charge in [0.15, 0.2) is 0 Å². The number of benzene rings is 1. The molecule has 5 rings (SSSR count). The van der Waals surface area contributed by atoms with Gasteiger partial charge in [-0.2, -0.15) is 5.10 Å². The molecule has 3 aromatic rings. The first kappa shape index (κ1) is 22.8. The Morgan fingerprint density at radius 1 is 1.15 bits per heavy atom. The number of hydrogen-bond acceptors (Lipinski definition) is 4. The molecule has 1 aliphatic heterocycles. The molecule has 6 nitrogen and oxygen atoms in total. The smallest absolute Gasteiger partial charge is 0.273 e. The van der Waals surface area contributed by atoms with Gasteiger partial charge >= 0.3 is 0 Å². The maximum atomic E-state index is 13.7. The van der Waals surface area contributed by atoms with Crippen molar-refractivity contribution in [3.63, 3.8) is 0 Å². The van der Waals surface area contributed by atoms with Crippen LogP contribution in [-0.4, -0.2) is 44.6 Å². The van der Waals surface area contributed by atoms with Crippen molar-refractivity contribution < 1.29 is 9.59 Å². The van der Waals surface area contributed by atoms with Gasteiger partial charge in [0.1, 0.15) is 16.9 Å². The number of aryl methyl sites for hydroxylation is 1. The number of nitrogens with zero attached hydrogens (tertiary/aromatic N) is 3. The Bertz CT molecular complexity index is 1130. The minimum absolute atomic E-state index is 0.0636. The van der Waals surface area contributed by atoms with Gasteiger partial charge in [-0.1, -0.05) is 55.7 Å². The number of rotatable bonds is 7. The normalized spacial score (nSPS) is 20.9. The molecule has 0 bridgehead atoms. The Morgan fingerprint density at radius 3 is 2.68 bits per heavy atom. The first-order chi connectivity index (χ1) is 16.5. The largest absolute Gasteiger partial charge is 0.351 e. The van der Waals surface area contributed by atoms with Crippen molar-refractivity contribution in [1.82, 2.24) is 20.0 Å². The van der Waals surface area contributed by atoms with Crippen LogP contribution in [-0.2, 0) is 17.8 Å². The van der Waals surface area contributed by atoms with Crippen LogP contribution in [0.5, 0.6) is 0 Å². The van der Waals surface area contributed by atoms with Crippen LogP contribution >= 0.6 is 11.3 Å². The van der Waals surface area contributed by atoms with Crippen molar-refractivity contribution in [3.8, 4) is 10.6 Å². The number of hydrogen-bond donors (Lipinski definition) is 1. The molecule has 3 heterocycles. The maximum Gasteiger partial charge on any atom is 0.273 e. The fraction of sp³-hybridized carbons (Fsp3) is 0.444. The number of carbonyl (C=O) groups excluding carboxylic acids is 2. The predicted octanol–water partition coefficient (Wildman–Crippen LogP) is 4.91. The summed E-state index contributed by atoms with van der Waals surface area (Å²) in [5.74, 6) is -0.179. The van der Waals surface area contributed by atoms with Crippen molar-refractivity contribution in [3.05, 3.63) is 65.2 Å². The van der Waals surface area contributed by atoms with Gasteiger partial charge in [-0.15, -0.1) is 11.3 Å². The molecule has 1 aromatic carbocycles. The third-order valence-electron chi connectivity index (χ3n) is 7.19. The zero-order valence-corrected chi connectivity index (χ0v) is 20.5. The summed E-state index contributed by atoms with van der Waals surface area (Å²) in [5, 5.41) is 10.0. The zero-order valence-electron chi connectivity index (χ0n) is 19.7. The molecule has 2 amide bonds. The molecule has 2 aliphatic rings. The Hall–Kier alpha value is -2.93. The van der Waals surface area contributed by atoms with Gasteiger partial charge in [-0.25, -0.2) is 0 Å². The molecule has 2 aromatic heterocycles. The van der Waals surface area contributed by atoms with Crippen LogP contribution in [0.2, 0.25) is 0 Å². The van der Waals surface area contributed by atoms with Gasteiger partial charge in [0.25, 0.3) is 5.91 Å². The average Bonchev–Trinajstić information content (AvgIpc) is 3.53. The second kappa shape index (κ2) is 9.74. The molecule has 1 unspecified atom stereocenters. The summed E-state index contributed by atoms with van der Waals surface area (Å²) in [6, 6.07) is 16.4. The highest BCUT2D eigenvalue weighted by atomic mass is 32.1. The van der Waals surface area contributed by atoms with Crippen molar-refractivity contribution in [2.24, 2.45) is 0 Å². The van der Waals surface area contributed by atoms with Gasteiger partial charge in [0.2, 0.25) is 5.91 Å². The standard InChI is InChI=1S/C27H32N4O2S/c1-27(26(33)28-21-13-6-3-7-14-21)19-31-23(18-22(29-31)24-15-9-17-34-24)25(32)30(27)16-8-12-20-10-4-2-5-11-20/h2,4-5,9-11,15,17-18,21H,3,6-8,12-14,16,19H2,1H3,(H,28,33). The fourth-order valence-electron chi connectivity index (χ4n) is 5.21.